The molecule has 0 aliphatic carbocycles. The third-order valence-corrected chi connectivity index (χ3v) is 6.55. The second kappa shape index (κ2) is 9.07. The zero-order chi connectivity index (χ0) is 24.5. The van der Waals surface area contributed by atoms with E-state index in [-0.39, 0.29) is 11.3 Å². The minimum absolute atomic E-state index is 0.0620. The van der Waals surface area contributed by atoms with Gasteiger partial charge in [-0.15, -0.1) is 0 Å². The lowest BCUT2D eigenvalue weighted by Gasteiger charge is -2.12. The van der Waals surface area contributed by atoms with E-state index < -0.39 is 5.97 Å². The molecule has 0 bridgehead atoms. The van der Waals surface area contributed by atoms with Gasteiger partial charge in [0.05, 0.1) is 5.56 Å². The van der Waals surface area contributed by atoms with Crippen LogP contribution in [-0.2, 0) is 6.54 Å². The van der Waals surface area contributed by atoms with Crippen molar-refractivity contribution in [1.82, 2.24) is 4.57 Å². The van der Waals surface area contributed by atoms with E-state index in [0.29, 0.717) is 12.1 Å². The fourth-order valence-corrected chi connectivity index (χ4v) is 4.50. The Morgan fingerprint density at radius 1 is 0.771 bits per heavy atom. The number of Topliss-reactive ketones (excluding diaryl/α,β-unsaturated/α-hetero) is 1. The zero-order valence-electron chi connectivity index (χ0n) is 19.7. The first-order valence-electron chi connectivity index (χ1n) is 11.5. The SMILES string of the molecule is CC(=O)c1ccc(-c2cn(Cc3cc(-c4ccc(C(=O)O)cc4)ccc3C)c3ccccc23)cc1. The van der Waals surface area contributed by atoms with E-state index in [4.69, 9.17) is 0 Å². The van der Waals surface area contributed by atoms with Gasteiger partial charge in [-0.25, -0.2) is 4.79 Å². The summed E-state index contributed by atoms with van der Waals surface area (Å²) >= 11 is 0. The lowest BCUT2D eigenvalue weighted by molar-refractivity contribution is 0.0696. The number of aromatic carboxylic acids is 1. The summed E-state index contributed by atoms with van der Waals surface area (Å²) in [6.45, 7) is 4.40. The first-order chi connectivity index (χ1) is 16.9. The maximum absolute atomic E-state index is 11.7. The van der Waals surface area contributed by atoms with Gasteiger partial charge in [0.25, 0.3) is 0 Å². The highest BCUT2D eigenvalue weighted by molar-refractivity contribution is 5.98. The normalized spacial score (nSPS) is 11.0. The first-order valence-corrected chi connectivity index (χ1v) is 11.5. The van der Waals surface area contributed by atoms with Gasteiger partial charge in [-0.05, 0) is 65.9 Å². The molecule has 5 aromatic rings. The molecule has 0 radical (unpaired) electrons. The van der Waals surface area contributed by atoms with Crippen LogP contribution in [0, 0.1) is 6.92 Å². The smallest absolute Gasteiger partial charge is 0.335 e. The van der Waals surface area contributed by atoms with Crippen molar-refractivity contribution in [3.63, 3.8) is 0 Å². The number of carboxylic acid groups (broad SMARTS) is 1. The summed E-state index contributed by atoms with van der Waals surface area (Å²) in [5, 5.41) is 10.3. The summed E-state index contributed by atoms with van der Waals surface area (Å²) in [5.41, 5.74) is 8.78. The van der Waals surface area contributed by atoms with Gasteiger partial charge in [-0.1, -0.05) is 66.7 Å². The van der Waals surface area contributed by atoms with Gasteiger partial charge < -0.3 is 9.67 Å². The van der Waals surface area contributed by atoms with E-state index in [2.05, 4.69) is 54.1 Å². The van der Waals surface area contributed by atoms with Crippen molar-refractivity contribution in [2.24, 2.45) is 0 Å². The van der Waals surface area contributed by atoms with Crippen LogP contribution >= 0.6 is 0 Å². The number of benzene rings is 4. The molecule has 0 aliphatic rings. The van der Waals surface area contributed by atoms with E-state index in [9.17, 15) is 14.7 Å². The highest BCUT2D eigenvalue weighted by Gasteiger charge is 2.13. The average Bonchev–Trinajstić information content (AvgIpc) is 3.24. The molecular weight excluding hydrogens is 434 g/mol. The van der Waals surface area contributed by atoms with Crippen LogP contribution in [-0.4, -0.2) is 21.4 Å². The minimum atomic E-state index is -0.924. The Balaban J connectivity index is 1.53. The molecule has 4 nitrogen and oxygen atoms in total. The molecule has 1 aromatic heterocycles. The molecular formula is C31H25NO3. The van der Waals surface area contributed by atoms with Crippen molar-refractivity contribution in [2.75, 3.05) is 0 Å². The Hall–Kier alpha value is -4.44. The molecule has 4 heteroatoms. The molecule has 1 N–H and O–H groups in total. The van der Waals surface area contributed by atoms with Gasteiger partial charge >= 0.3 is 5.97 Å². The molecule has 0 fully saturated rings. The number of hydrogen-bond donors (Lipinski definition) is 1. The monoisotopic (exact) mass is 459 g/mol. The van der Waals surface area contributed by atoms with Crippen molar-refractivity contribution in [3.8, 4) is 22.3 Å². The third kappa shape index (κ3) is 4.38. The van der Waals surface area contributed by atoms with Gasteiger partial charge in [0, 0.05) is 34.8 Å². The number of carbonyl (C=O) groups excluding carboxylic acids is 1. The third-order valence-electron chi connectivity index (χ3n) is 6.55. The Bertz CT molecular complexity index is 1560. The molecule has 1 heterocycles. The maximum Gasteiger partial charge on any atom is 0.335 e. The first kappa shape index (κ1) is 22.4. The van der Waals surface area contributed by atoms with Gasteiger partial charge in [-0.3, -0.25) is 4.79 Å². The van der Waals surface area contributed by atoms with E-state index >= 15 is 0 Å². The number of ketones is 1. The molecule has 0 unspecified atom stereocenters. The summed E-state index contributed by atoms with van der Waals surface area (Å²) in [6, 6.07) is 29.5. The van der Waals surface area contributed by atoms with E-state index in [0.717, 1.165) is 27.8 Å². The number of hydrogen-bond acceptors (Lipinski definition) is 2. The molecule has 35 heavy (non-hydrogen) atoms. The number of rotatable bonds is 6. The lowest BCUT2D eigenvalue weighted by Crippen LogP contribution is -2.00. The van der Waals surface area contributed by atoms with Crippen LogP contribution in [0.1, 0.15) is 38.8 Å². The van der Waals surface area contributed by atoms with Gasteiger partial charge in [-0.2, -0.15) is 0 Å². The van der Waals surface area contributed by atoms with E-state index in [1.807, 2.05) is 42.5 Å². The van der Waals surface area contributed by atoms with Crippen molar-refractivity contribution in [3.05, 3.63) is 119 Å². The lowest BCUT2D eigenvalue weighted by atomic mass is 9.99. The van der Waals surface area contributed by atoms with Crippen molar-refractivity contribution in [2.45, 2.75) is 20.4 Å². The average molecular weight is 460 g/mol. The fourth-order valence-electron chi connectivity index (χ4n) is 4.50. The maximum atomic E-state index is 11.7. The number of nitrogens with zero attached hydrogens (tertiary/aromatic N) is 1. The number of fused-ring (bicyclic) bond motifs is 1. The predicted molar refractivity (Wildman–Crippen MR) is 140 cm³/mol. The number of aromatic nitrogens is 1. The largest absolute Gasteiger partial charge is 0.478 e. The number of carboxylic acids is 1. The molecule has 0 aliphatic heterocycles. The van der Waals surface area contributed by atoms with Crippen LogP contribution in [0.4, 0.5) is 0 Å². The summed E-state index contributed by atoms with van der Waals surface area (Å²) in [4.78, 5) is 22.9. The highest BCUT2D eigenvalue weighted by atomic mass is 16.4. The van der Waals surface area contributed by atoms with Gasteiger partial charge in [0.2, 0.25) is 0 Å². The summed E-state index contributed by atoms with van der Waals surface area (Å²) in [7, 11) is 0. The summed E-state index contributed by atoms with van der Waals surface area (Å²) in [6.07, 6.45) is 2.18. The predicted octanol–water partition coefficient (Wildman–Crippen LogP) is 7.23. The minimum Gasteiger partial charge on any atom is -0.478 e. The topological polar surface area (TPSA) is 59.3 Å². The Kier molecular flexibility index (Phi) is 5.79. The fraction of sp³-hybridized carbons (Fsp3) is 0.0968. The molecule has 0 amide bonds. The van der Waals surface area contributed by atoms with Crippen molar-refractivity contribution < 1.29 is 14.7 Å². The van der Waals surface area contributed by atoms with Crippen LogP contribution in [0.15, 0.2) is 97.2 Å². The molecule has 0 atom stereocenters. The van der Waals surface area contributed by atoms with Crippen LogP contribution in [0.3, 0.4) is 0 Å². The standard InChI is InChI=1S/C31H25NO3/c1-20-7-8-26(23-11-15-25(16-12-23)31(34)35)17-27(20)18-32-19-29(28-5-3-4-6-30(28)32)24-13-9-22(10-14-24)21(2)33/h3-17,19H,18H2,1-2H3,(H,34,35). The Labute approximate surface area is 204 Å². The van der Waals surface area contributed by atoms with Crippen molar-refractivity contribution in [1.29, 1.82) is 0 Å². The molecule has 0 saturated heterocycles. The van der Waals surface area contributed by atoms with Gasteiger partial charge in [0.1, 0.15) is 0 Å². The summed E-state index contributed by atoms with van der Waals surface area (Å²) in [5.74, 6) is -0.862. The van der Waals surface area contributed by atoms with E-state index in [1.165, 1.54) is 16.5 Å². The van der Waals surface area contributed by atoms with Gasteiger partial charge in [0.15, 0.2) is 5.78 Å². The van der Waals surface area contributed by atoms with Crippen molar-refractivity contribution >= 4 is 22.7 Å². The zero-order valence-corrected chi connectivity index (χ0v) is 19.7. The number of carbonyl (C=O) groups is 2. The van der Waals surface area contributed by atoms with Crippen LogP contribution in [0.25, 0.3) is 33.2 Å². The Morgan fingerprint density at radius 3 is 2.09 bits per heavy atom. The molecule has 0 spiro atoms. The molecule has 0 saturated carbocycles. The van der Waals surface area contributed by atoms with Crippen LogP contribution in [0.5, 0.6) is 0 Å². The van der Waals surface area contributed by atoms with E-state index in [1.54, 1.807) is 19.1 Å². The summed E-state index contributed by atoms with van der Waals surface area (Å²) < 4.78 is 2.27. The van der Waals surface area contributed by atoms with Crippen LogP contribution < -0.4 is 0 Å². The van der Waals surface area contributed by atoms with Crippen LogP contribution in [0.2, 0.25) is 0 Å². The molecule has 172 valence electrons. The second-order valence-corrected chi connectivity index (χ2v) is 8.85. The highest BCUT2D eigenvalue weighted by Crippen LogP contribution is 2.32. The second-order valence-electron chi connectivity index (χ2n) is 8.85. The number of para-hydroxylation sites is 1. The number of aryl methyl sites for hydroxylation is 1. The molecule has 4 aromatic carbocycles. The molecule has 5 rings (SSSR count). The quantitative estimate of drug-likeness (QED) is 0.272. The Morgan fingerprint density at radius 2 is 1.40 bits per heavy atom.